The smallest absolute Gasteiger partial charge is 0.0727 e. The molecule has 0 atom stereocenters. The lowest BCUT2D eigenvalue weighted by molar-refractivity contribution is -0.254. The Labute approximate surface area is 98.1 Å². The Kier molecular flexibility index (Phi) is 2.08. The highest BCUT2D eigenvalue weighted by atomic mass is 16.4. The molecular weight excluding hydrogens is 212 g/mol. The van der Waals surface area contributed by atoms with E-state index in [9.17, 15) is 9.90 Å². The van der Waals surface area contributed by atoms with Crippen molar-refractivity contribution in [3.8, 4) is 0 Å². The maximum atomic E-state index is 11.3. The van der Waals surface area contributed by atoms with Gasteiger partial charge >= 0.3 is 0 Å². The average molecular weight is 221 g/mol. The van der Waals surface area contributed by atoms with E-state index in [1.807, 2.05) is 54.6 Å². The average Bonchev–Trinajstić information content (AvgIpc) is 2.35. The molecule has 0 amide bonds. The SMILES string of the molecule is O=C([O-])c1c2ccccc2cc2ccccc12. The molecule has 0 saturated heterocycles. The maximum Gasteiger partial charge on any atom is 0.0727 e. The summed E-state index contributed by atoms with van der Waals surface area (Å²) in [4.78, 5) is 11.3. The Hall–Kier alpha value is -2.35. The fourth-order valence-corrected chi connectivity index (χ4v) is 2.23. The highest BCUT2D eigenvalue weighted by Crippen LogP contribution is 2.27. The largest absolute Gasteiger partial charge is 0.545 e. The van der Waals surface area contributed by atoms with Crippen LogP contribution in [0.15, 0.2) is 54.6 Å². The molecule has 17 heavy (non-hydrogen) atoms. The molecule has 0 aliphatic rings. The van der Waals surface area contributed by atoms with Gasteiger partial charge in [0.1, 0.15) is 0 Å². The monoisotopic (exact) mass is 221 g/mol. The van der Waals surface area contributed by atoms with Crippen LogP contribution in [0.4, 0.5) is 0 Å². The van der Waals surface area contributed by atoms with E-state index in [1.54, 1.807) is 0 Å². The third-order valence-electron chi connectivity index (χ3n) is 2.98. The summed E-state index contributed by atoms with van der Waals surface area (Å²) in [6.07, 6.45) is 0. The fraction of sp³-hybridized carbons (Fsp3) is 0. The Balaban J connectivity index is 2.61. The lowest BCUT2D eigenvalue weighted by Crippen LogP contribution is -2.22. The van der Waals surface area contributed by atoms with E-state index in [1.165, 1.54) is 0 Å². The van der Waals surface area contributed by atoms with Crippen molar-refractivity contribution in [2.24, 2.45) is 0 Å². The number of hydrogen-bond acceptors (Lipinski definition) is 2. The van der Waals surface area contributed by atoms with Crippen molar-refractivity contribution in [1.82, 2.24) is 0 Å². The molecule has 0 bridgehead atoms. The highest BCUT2D eigenvalue weighted by molar-refractivity contribution is 6.15. The molecule has 0 aliphatic heterocycles. The van der Waals surface area contributed by atoms with Gasteiger partial charge in [0.25, 0.3) is 0 Å². The molecule has 0 radical (unpaired) electrons. The van der Waals surface area contributed by atoms with Gasteiger partial charge in [-0.05, 0) is 27.6 Å². The van der Waals surface area contributed by atoms with Crippen LogP contribution < -0.4 is 5.11 Å². The Morgan fingerprint density at radius 2 is 1.29 bits per heavy atom. The molecule has 0 unspecified atom stereocenters. The summed E-state index contributed by atoms with van der Waals surface area (Å²) in [5.41, 5.74) is 0.277. The van der Waals surface area contributed by atoms with Crippen LogP contribution >= 0.6 is 0 Å². The standard InChI is InChI=1S/C15H10O2/c16-15(17)14-12-7-3-1-5-10(12)9-11-6-2-4-8-13(11)14/h1-9H,(H,16,17)/p-1. The number of carboxylic acids is 1. The summed E-state index contributed by atoms with van der Waals surface area (Å²) in [5.74, 6) is -1.13. The molecule has 0 fully saturated rings. The van der Waals surface area contributed by atoms with Gasteiger partial charge in [-0.2, -0.15) is 0 Å². The Bertz CT molecular complexity index is 675. The zero-order valence-corrected chi connectivity index (χ0v) is 9.01. The topological polar surface area (TPSA) is 40.1 Å². The van der Waals surface area contributed by atoms with E-state index < -0.39 is 5.97 Å². The van der Waals surface area contributed by atoms with Crippen molar-refractivity contribution in [1.29, 1.82) is 0 Å². The third kappa shape index (κ3) is 1.46. The summed E-state index contributed by atoms with van der Waals surface area (Å²) in [7, 11) is 0. The molecule has 2 heteroatoms. The van der Waals surface area contributed by atoms with Gasteiger partial charge < -0.3 is 9.90 Å². The molecule has 3 aromatic rings. The van der Waals surface area contributed by atoms with E-state index in [2.05, 4.69) is 0 Å². The van der Waals surface area contributed by atoms with Gasteiger partial charge in [0, 0.05) is 5.56 Å². The number of fused-ring (bicyclic) bond motifs is 2. The van der Waals surface area contributed by atoms with E-state index in [0.29, 0.717) is 0 Å². The van der Waals surface area contributed by atoms with Crippen molar-refractivity contribution in [3.05, 3.63) is 60.2 Å². The fourth-order valence-electron chi connectivity index (χ4n) is 2.23. The second kappa shape index (κ2) is 3.59. The first-order chi connectivity index (χ1) is 8.27. The number of hydrogen-bond donors (Lipinski definition) is 0. The van der Waals surface area contributed by atoms with Gasteiger partial charge in [-0.25, -0.2) is 0 Å². The minimum Gasteiger partial charge on any atom is -0.545 e. The molecule has 82 valence electrons. The molecular formula is C15H9O2-. The predicted molar refractivity (Wildman–Crippen MR) is 65.8 cm³/mol. The van der Waals surface area contributed by atoms with Crippen molar-refractivity contribution >= 4 is 27.5 Å². The molecule has 0 heterocycles. The molecule has 3 rings (SSSR count). The van der Waals surface area contributed by atoms with Crippen molar-refractivity contribution in [2.45, 2.75) is 0 Å². The number of carbonyl (C=O) groups excluding carboxylic acids is 1. The zero-order valence-electron chi connectivity index (χ0n) is 9.01. The molecule has 0 aromatic heterocycles. The van der Waals surface area contributed by atoms with E-state index in [0.717, 1.165) is 21.5 Å². The zero-order chi connectivity index (χ0) is 11.8. The van der Waals surface area contributed by atoms with Crippen LogP contribution in [-0.4, -0.2) is 5.97 Å². The normalized spacial score (nSPS) is 10.8. The number of carboxylic acid groups (broad SMARTS) is 1. The number of aromatic carboxylic acids is 1. The third-order valence-corrected chi connectivity index (χ3v) is 2.98. The highest BCUT2D eigenvalue weighted by Gasteiger charge is 2.07. The van der Waals surface area contributed by atoms with Crippen LogP contribution in [0.2, 0.25) is 0 Å². The first-order valence-electron chi connectivity index (χ1n) is 5.39. The van der Waals surface area contributed by atoms with Crippen LogP contribution in [0.3, 0.4) is 0 Å². The van der Waals surface area contributed by atoms with Gasteiger partial charge in [0.05, 0.1) is 5.97 Å². The molecule has 0 N–H and O–H groups in total. The lowest BCUT2D eigenvalue weighted by Gasteiger charge is -2.11. The second-order valence-electron chi connectivity index (χ2n) is 3.98. The van der Waals surface area contributed by atoms with Gasteiger partial charge in [-0.15, -0.1) is 0 Å². The number of carbonyl (C=O) groups is 1. The van der Waals surface area contributed by atoms with E-state index in [-0.39, 0.29) is 5.56 Å². The van der Waals surface area contributed by atoms with E-state index >= 15 is 0 Å². The molecule has 0 aliphatic carbocycles. The second-order valence-corrected chi connectivity index (χ2v) is 3.98. The van der Waals surface area contributed by atoms with Crippen LogP contribution in [0.5, 0.6) is 0 Å². The van der Waals surface area contributed by atoms with Crippen molar-refractivity contribution in [2.75, 3.05) is 0 Å². The maximum absolute atomic E-state index is 11.3. The number of rotatable bonds is 1. The molecule has 2 nitrogen and oxygen atoms in total. The van der Waals surface area contributed by atoms with E-state index in [4.69, 9.17) is 0 Å². The van der Waals surface area contributed by atoms with Crippen LogP contribution in [-0.2, 0) is 0 Å². The first-order valence-corrected chi connectivity index (χ1v) is 5.39. The lowest BCUT2D eigenvalue weighted by atomic mass is 9.97. The van der Waals surface area contributed by atoms with Crippen molar-refractivity contribution < 1.29 is 9.90 Å². The minimum absolute atomic E-state index is 0.277. The predicted octanol–water partition coefficient (Wildman–Crippen LogP) is 2.36. The van der Waals surface area contributed by atoms with Gasteiger partial charge in [0.15, 0.2) is 0 Å². The van der Waals surface area contributed by atoms with Crippen molar-refractivity contribution in [3.63, 3.8) is 0 Å². The van der Waals surface area contributed by atoms with Gasteiger partial charge in [0.2, 0.25) is 0 Å². The quantitative estimate of drug-likeness (QED) is 0.592. The van der Waals surface area contributed by atoms with Gasteiger partial charge in [-0.3, -0.25) is 0 Å². The Morgan fingerprint density at radius 3 is 1.76 bits per heavy atom. The summed E-state index contributed by atoms with van der Waals surface area (Å²) < 4.78 is 0. The minimum atomic E-state index is -1.13. The van der Waals surface area contributed by atoms with Crippen LogP contribution in [0.25, 0.3) is 21.5 Å². The molecule has 0 saturated carbocycles. The molecule has 3 aromatic carbocycles. The Morgan fingerprint density at radius 1 is 0.824 bits per heavy atom. The van der Waals surface area contributed by atoms with Crippen LogP contribution in [0.1, 0.15) is 10.4 Å². The first kappa shape index (κ1) is 9.85. The van der Waals surface area contributed by atoms with Crippen LogP contribution in [0, 0.1) is 0 Å². The molecule has 0 spiro atoms. The number of benzene rings is 3. The summed E-state index contributed by atoms with van der Waals surface area (Å²) in [6.45, 7) is 0. The summed E-state index contributed by atoms with van der Waals surface area (Å²) >= 11 is 0. The summed E-state index contributed by atoms with van der Waals surface area (Å²) in [6, 6.07) is 16.9. The van der Waals surface area contributed by atoms with Gasteiger partial charge in [-0.1, -0.05) is 48.5 Å². The summed E-state index contributed by atoms with van der Waals surface area (Å²) in [5, 5.41) is 14.6.